The summed E-state index contributed by atoms with van der Waals surface area (Å²) in [5.74, 6) is -0.429. The molecule has 0 aromatic rings. The largest absolute Gasteiger partial charge is 0.468 e. The van der Waals surface area contributed by atoms with Gasteiger partial charge in [-0.2, -0.15) is 0 Å². The maximum Gasteiger partial charge on any atom is 0.323 e. The Balaban J connectivity index is 4.50. The standard InChI is InChI=1S/C11H23NO5S/c1-9(2)8-10(11(13)17-4)12-18(14,15)7-5-6-16-3/h9-10,12H,5-8H2,1-4H3. The van der Waals surface area contributed by atoms with Crippen molar-refractivity contribution in [2.75, 3.05) is 26.6 Å². The van der Waals surface area contributed by atoms with Gasteiger partial charge >= 0.3 is 5.97 Å². The fourth-order valence-electron chi connectivity index (χ4n) is 1.48. The lowest BCUT2D eigenvalue weighted by Crippen LogP contribution is -2.43. The van der Waals surface area contributed by atoms with E-state index in [9.17, 15) is 13.2 Å². The van der Waals surface area contributed by atoms with E-state index in [4.69, 9.17) is 4.74 Å². The molecule has 1 N–H and O–H groups in total. The monoisotopic (exact) mass is 281 g/mol. The van der Waals surface area contributed by atoms with Crippen LogP contribution in [0.1, 0.15) is 26.7 Å². The lowest BCUT2D eigenvalue weighted by Gasteiger charge is -2.18. The Morgan fingerprint density at radius 1 is 1.28 bits per heavy atom. The minimum Gasteiger partial charge on any atom is -0.468 e. The van der Waals surface area contributed by atoms with Gasteiger partial charge in [0.1, 0.15) is 6.04 Å². The molecule has 108 valence electrons. The normalized spacial score (nSPS) is 13.6. The molecule has 6 nitrogen and oxygen atoms in total. The number of hydrogen-bond acceptors (Lipinski definition) is 5. The zero-order chi connectivity index (χ0) is 14.2. The molecule has 0 aliphatic rings. The van der Waals surface area contributed by atoms with Crippen LogP contribution in [0.15, 0.2) is 0 Å². The zero-order valence-corrected chi connectivity index (χ0v) is 12.2. The van der Waals surface area contributed by atoms with E-state index in [1.807, 2.05) is 13.8 Å². The van der Waals surface area contributed by atoms with Crippen molar-refractivity contribution >= 4 is 16.0 Å². The molecule has 0 rings (SSSR count). The van der Waals surface area contributed by atoms with Crippen LogP contribution in [0.2, 0.25) is 0 Å². The Kier molecular flexibility index (Phi) is 8.13. The van der Waals surface area contributed by atoms with Crippen molar-refractivity contribution in [3.05, 3.63) is 0 Å². The number of esters is 1. The van der Waals surface area contributed by atoms with E-state index in [1.54, 1.807) is 0 Å². The van der Waals surface area contributed by atoms with Crippen LogP contribution < -0.4 is 4.72 Å². The van der Waals surface area contributed by atoms with Gasteiger partial charge in [-0.3, -0.25) is 4.79 Å². The minimum absolute atomic E-state index is 0.0631. The Labute approximate surface area is 109 Å². The second-order valence-corrected chi connectivity index (χ2v) is 6.36. The van der Waals surface area contributed by atoms with E-state index in [1.165, 1.54) is 14.2 Å². The summed E-state index contributed by atoms with van der Waals surface area (Å²) in [6.07, 6.45) is 0.803. The van der Waals surface area contributed by atoms with Crippen LogP contribution >= 0.6 is 0 Å². The van der Waals surface area contributed by atoms with Gasteiger partial charge < -0.3 is 9.47 Å². The number of hydrogen-bond donors (Lipinski definition) is 1. The van der Waals surface area contributed by atoms with E-state index in [0.717, 1.165) is 0 Å². The second kappa shape index (κ2) is 8.44. The summed E-state index contributed by atoms with van der Waals surface area (Å²) >= 11 is 0. The van der Waals surface area contributed by atoms with Crippen LogP contribution in [-0.2, 0) is 24.3 Å². The quantitative estimate of drug-likeness (QED) is 0.492. The smallest absolute Gasteiger partial charge is 0.323 e. The molecule has 0 aromatic heterocycles. The van der Waals surface area contributed by atoms with Crippen molar-refractivity contribution in [3.8, 4) is 0 Å². The first-order valence-electron chi connectivity index (χ1n) is 5.89. The Morgan fingerprint density at radius 3 is 2.33 bits per heavy atom. The molecule has 1 atom stereocenters. The molecule has 0 spiro atoms. The molecule has 1 unspecified atom stereocenters. The first-order valence-corrected chi connectivity index (χ1v) is 7.54. The molecular formula is C11H23NO5S. The van der Waals surface area contributed by atoms with Crippen LogP contribution in [0.5, 0.6) is 0 Å². The van der Waals surface area contributed by atoms with E-state index >= 15 is 0 Å². The SMILES string of the molecule is COCCCS(=O)(=O)NC(CC(C)C)C(=O)OC. The predicted octanol–water partition coefficient (Wildman–Crippen LogP) is 0.530. The Morgan fingerprint density at radius 2 is 1.89 bits per heavy atom. The average Bonchev–Trinajstić information content (AvgIpc) is 2.26. The highest BCUT2D eigenvalue weighted by molar-refractivity contribution is 7.89. The molecule has 0 aliphatic heterocycles. The van der Waals surface area contributed by atoms with Gasteiger partial charge in [0.05, 0.1) is 12.9 Å². The highest BCUT2D eigenvalue weighted by atomic mass is 32.2. The van der Waals surface area contributed by atoms with E-state index in [0.29, 0.717) is 19.4 Å². The summed E-state index contributed by atoms with van der Waals surface area (Å²) in [5, 5.41) is 0. The van der Waals surface area contributed by atoms with Crippen molar-refractivity contribution in [2.24, 2.45) is 5.92 Å². The Hall–Kier alpha value is -0.660. The third-order valence-electron chi connectivity index (χ3n) is 2.28. The molecule has 0 aliphatic carbocycles. The molecule has 18 heavy (non-hydrogen) atoms. The summed E-state index contributed by atoms with van der Waals surface area (Å²) in [5.41, 5.74) is 0. The number of carbonyl (C=O) groups excluding carboxylic acids is 1. The number of methoxy groups -OCH3 is 2. The van der Waals surface area contributed by atoms with E-state index < -0.39 is 22.0 Å². The van der Waals surface area contributed by atoms with Crippen LogP contribution in [0.4, 0.5) is 0 Å². The lowest BCUT2D eigenvalue weighted by molar-refractivity contribution is -0.143. The van der Waals surface area contributed by atoms with Crippen molar-refractivity contribution in [1.29, 1.82) is 0 Å². The summed E-state index contributed by atoms with van der Waals surface area (Å²) in [4.78, 5) is 11.5. The van der Waals surface area contributed by atoms with Gasteiger partial charge in [0.2, 0.25) is 10.0 Å². The molecule has 0 fully saturated rings. The van der Waals surface area contributed by atoms with Gasteiger partial charge in [-0.1, -0.05) is 13.8 Å². The number of nitrogens with one attached hydrogen (secondary N) is 1. The minimum atomic E-state index is -3.48. The van der Waals surface area contributed by atoms with Gasteiger partial charge in [-0.25, -0.2) is 13.1 Å². The van der Waals surface area contributed by atoms with Crippen LogP contribution in [0.3, 0.4) is 0 Å². The molecule has 0 heterocycles. The molecule has 7 heteroatoms. The number of carbonyl (C=O) groups is 1. The third kappa shape index (κ3) is 7.62. The van der Waals surface area contributed by atoms with Crippen molar-refractivity contribution in [1.82, 2.24) is 4.72 Å². The fraction of sp³-hybridized carbons (Fsp3) is 0.909. The zero-order valence-electron chi connectivity index (χ0n) is 11.4. The number of rotatable bonds is 9. The highest BCUT2D eigenvalue weighted by Gasteiger charge is 2.25. The fourth-order valence-corrected chi connectivity index (χ4v) is 2.72. The molecule has 0 aromatic carbocycles. The number of sulfonamides is 1. The molecule has 0 bridgehead atoms. The summed E-state index contributed by atoms with van der Waals surface area (Å²) in [7, 11) is -0.730. The van der Waals surface area contributed by atoms with Crippen LogP contribution in [0, 0.1) is 5.92 Å². The highest BCUT2D eigenvalue weighted by Crippen LogP contribution is 2.08. The van der Waals surface area contributed by atoms with Crippen LogP contribution in [0.25, 0.3) is 0 Å². The van der Waals surface area contributed by atoms with Crippen molar-refractivity contribution in [2.45, 2.75) is 32.7 Å². The van der Waals surface area contributed by atoms with E-state index in [2.05, 4.69) is 9.46 Å². The van der Waals surface area contributed by atoms with Gasteiger partial charge in [-0.05, 0) is 18.8 Å². The van der Waals surface area contributed by atoms with Gasteiger partial charge in [0.25, 0.3) is 0 Å². The second-order valence-electron chi connectivity index (χ2n) is 4.49. The summed E-state index contributed by atoms with van der Waals surface area (Å²) in [6.45, 7) is 4.19. The molecule has 0 saturated heterocycles. The summed E-state index contributed by atoms with van der Waals surface area (Å²) < 4.78 is 35.2. The topological polar surface area (TPSA) is 81.7 Å². The molecule has 0 radical (unpaired) electrons. The van der Waals surface area contributed by atoms with Crippen molar-refractivity contribution in [3.63, 3.8) is 0 Å². The maximum absolute atomic E-state index is 11.7. The van der Waals surface area contributed by atoms with Gasteiger partial charge in [0.15, 0.2) is 0 Å². The Bertz CT molecular complexity index is 339. The molecule has 0 saturated carbocycles. The first-order chi connectivity index (χ1) is 8.32. The van der Waals surface area contributed by atoms with Crippen LogP contribution in [-0.4, -0.2) is 47.0 Å². The molecule has 0 amide bonds. The lowest BCUT2D eigenvalue weighted by atomic mass is 10.1. The van der Waals surface area contributed by atoms with Gasteiger partial charge in [-0.15, -0.1) is 0 Å². The maximum atomic E-state index is 11.7. The van der Waals surface area contributed by atoms with Gasteiger partial charge in [0, 0.05) is 13.7 Å². The molecular weight excluding hydrogens is 258 g/mol. The average molecular weight is 281 g/mol. The predicted molar refractivity (Wildman–Crippen MR) is 68.7 cm³/mol. The van der Waals surface area contributed by atoms with Crippen molar-refractivity contribution < 1.29 is 22.7 Å². The summed E-state index contributed by atoms with van der Waals surface area (Å²) in [6, 6.07) is -0.817. The first kappa shape index (κ1) is 17.3. The number of ether oxygens (including phenoxy) is 2. The third-order valence-corrected chi connectivity index (χ3v) is 3.75. The van der Waals surface area contributed by atoms with E-state index in [-0.39, 0.29) is 11.7 Å².